The minimum Gasteiger partial charge on any atom is -0.389 e. The molecular formula is C34H40N6O5. The van der Waals surface area contributed by atoms with Gasteiger partial charge in [0, 0.05) is 101 Å². The molecule has 0 spiro atoms. The maximum atomic E-state index is 13.1. The van der Waals surface area contributed by atoms with Gasteiger partial charge in [-0.25, -0.2) is 0 Å². The monoisotopic (exact) mass is 612 g/mol. The Labute approximate surface area is 263 Å². The highest BCUT2D eigenvalue weighted by Gasteiger charge is 2.40. The summed E-state index contributed by atoms with van der Waals surface area (Å²) in [5.74, 6) is -1.08. The second-order valence-corrected chi connectivity index (χ2v) is 12.2. The number of hydrogen-bond donors (Lipinski definition) is 3. The number of amides is 3. The summed E-state index contributed by atoms with van der Waals surface area (Å²) in [6, 6.07) is 14.8. The van der Waals surface area contributed by atoms with E-state index in [0.29, 0.717) is 37.9 Å². The molecule has 0 radical (unpaired) electrons. The minimum atomic E-state index is -0.622. The first-order valence-corrected chi connectivity index (χ1v) is 15.9. The van der Waals surface area contributed by atoms with Gasteiger partial charge in [-0.15, -0.1) is 0 Å². The number of piperidine rings is 1. The predicted octanol–water partition coefficient (Wildman–Crippen LogP) is 1.67. The van der Waals surface area contributed by atoms with E-state index < -0.39 is 11.9 Å². The third-order valence-electron chi connectivity index (χ3n) is 9.34. The van der Waals surface area contributed by atoms with Gasteiger partial charge < -0.3 is 15.5 Å². The SMILES string of the molecule is O=C1CCC(N2Cc3c(NCCN4CCN(CCNC=C5C(=O)CC(c6ccccc6)CC5=O)CC4)cccc3C2=O)C(=O)N1. The first kappa shape index (κ1) is 30.7. The van der Waals surface area contributed by atoms with E-state index >= 15 is 0 Å². The number of nitrogens with zero attached hydrogens (tertiary/aromatic N) is 3. The molecule has 45 heavy (non-hydrogen) atoms. The molecule has 1 aliphatic carbocycles. The van der Waals surface area contributed by atoms with Crippen LogP contribution < -0.4 is 16.0 Å². The zero-order chi connectivity index (χ0) is 31.3. The number of piperazine rings is 1. The van der Waals surface area contributed by atoms with Gasteiger partial charge in [0.15, 0.2) is 11.6 Å². The summed E-state index contributed by atoms with van der Waals surface area (Å²) in [6.45, 7) is 7.19. The smallest absolute Gasteiger partial charge is 0.255 e. The third kappa shape index (κ3) is 6.99. The van der Waals surface area contributed by atoms with Gasteiger partial charge in [-0.2, -0.15) is 0 Å². The minimum absolute atomic E-state index is 0.0390. The molecule has 3 aliphatic heterocycles. The van der Waals surface area contributed by atoms with Crippen molar-refractivity contribution in [1.29, 1.82) is 0 Å². The Kier molecular flexibility index (Phi) is 9.37. The van der Waals surface area contributed by atoms with E-state index in [1.54, 1.807) is 17.2 Å². The van der Waals surface area contributed by atoms with Crippen LogP contribution in [0.2, 0.25) is 0 Å². The molecule has 3 heterocycles. The van der Waals surface area contributed by atoms with Gasteiger partial charge >= 0.3 is 0 Å². The number of carbonyl (C=O) groups is 5. The normalized spacial score (nSPS) is 22.8. The summed E-state index contributed by atoms with van der Waals surface area (Å²) in [5, 5.41) is 9.05. The van der Waals surface area contributed by atoms with Crippen LogP contribution in [-0.4, -0.2) is 102 Å². The fourth-order valence-corrected chi connectivity index (χ4v) is 6.75. The predicted molar refractivity (Wildman–Crippen MR) is 168 cm³/mol. The van der Waals surface area contributed by atoms with Crippen LogP contribution in [0.5, 0.6) is 0 Å². The van der Waals surface area contributed by atoms with Crippen LogP contribution in [0.1, 0.15) is 53.1 Å². The molecule has 2 saturated heterocycles. The molecule has 0 bridgehead atoms. The van der Waals surface area contributed by atoms with Crippen molar-refractivity contribution >= 4 is 35.0 Å². The number of benzene rings is 2. The third-order valence-corrected chi connectivity index (χ3v) is 9.34. The maximum Gasteiger partial charge on any atom is 0.255 e. The van der Waals surface area contributed by atoms with E-state index in [1.165, 1.54) is 0 Å². The van der Waals surface area contributed by atoms with Gasteiger partial charge in [0.05, 0.1) is 5.57 Å². The van der Waals surface area contributed by atoms with Crippen molar-refractivity contribution in [2.24, 2.45) is 0 Å². The summed E-state index contributed by atoms with van der Waals surface area (Å²) < 4.78 is 0. The van der Waals surface area contributed by atoms with Crippen LogP contribution in [0.25, 0.3) is 0 Å². The number of ketones is 2. The van der Waals surface area contributed by atoms with Gasteiger partial charge in [-0.1, -0.05) is 36.4 Å². The van der Waals surface area contributed by atoms with Crippen LogP contribution in [0.4, 0.5) is 5.69 Å². The molecule has 2 aromatic carbocycles. The lowest BCUT2D eigenvalue weighted by molar-refractivity contribution is -0.137. The lowest BCUT2D eigenvalue weighted by Gasteiger charge is -2.34. The molecule has 1 atom stereocenters. The molecule has 11 heteroatoms. The van der Waals surface area contributed by atoms with E-state index in [1.807, 2.05) is 42.5 Å². The molecule has 3 amide bonds. The Morgan fingerprint density at radius 3 is 2.20 bits per heavy atom. The van der Waals surface area contributed by atoms with Gasteiger partial charge in [0.25, 0.3) is 5.91 Å². The van der Waals surface area contributed by atoms with Gasteiger partial charge in [0.2, 0.25) is 11.8 Å². The van der Waals surface area contributed by atoms with Gasteiger partial charge in [-0.3, -0.25) is 39.1 Å². The number of nitrogens with one attached hydrogen (secondary N) is 3. The van der Waals surface area contributed by atoms with Gasteiger partial charge in [0.1, 0.15) is 6.04 Å². The summed E-state index contributed by atoms with van der Waals surface area (Å²) in [7, 11) is 0. The van der Waals surface area contributed by atoms with Crippen molar-refractivity contribution < 1.29 is 24.0 Å². The molecule has 4 aliphatic rings. The molecule has 2 aromatic rings. The Morgan fingerprint density at radius 1 is 0.822 bits per heavy atom. The number of anilines is 1. The number of hydrogen-bond acceptors (Lipinski definition) is 9. The second-order valence-electron chi connectivity index (χ2n) is 12.2. The molecule has 1 unspecified atom stereocenters. The van der Waals surface area contributed by atoms with Crippen LogP contribution in [0.3, 0.4) is 0 Å². The first-order valence-electron chi connectivity index (χ1n) is 15.9. The standard InChI is InChI=1S/C34H40N6O5/c41-30-19-24(23-5-2-1-3-6-23)20-31(42)26(30)21-35-11-13-38-15-17-39(18-16-38)14-12-36-28-8-4-7-25-27(28)22-40(34(25)45)29-9-10-32(43)37-33(29)44/h1-8,21,24,29,35-36H,9-20,22H2,(H,37,43,44). The maximum absolute atomic E-state index is 13.1. The molecule has 236 valence electrons. The number of allylic oxidation sites excluding steroid dienone is 1. The lowest BCUT2D eigenvalue weighted by atomic mass is 9.80. The topological polar surface area (TPSA) is 131 Å². The highest BCUT2D eigenvalue weighted by atomic mass is 16.2. The zero-order valence-corrected chi connectivity index (χ0v) is 25.4. The Morgan fingerprint density at radius 2 is 1.51 bits per heavy atom. The van der Waals surface area contributed by atoms with Crippen molar-refractivity contribution in [2.75, 3.05) is 57.7 Å². The average Bonchev–Trinajstić information content (AvgIpc) is 3.38. The Hall–Kier alpha value is -4.35. The summed E-state index contributed by atoms with van der Waals surface area (Å²) >= 11 is 0. The van der Waals surface area contributed by atoms with E-state index in [2.05, 4.69) is 25.8 Å². The summed E-state index contributed by atoms with van der Waals surface area (Å²) in [4.78, 5) is 68.7. The molecule has 6 rings (SSSR count). The van der Waals surface area contributed by atoms with Gasteiger partial charge in [-0.05, 0) is 30.0 Å². The fourth-order valence-electron chi connectivity index (χ4n) is 6.75. The first-order chi connectivity index (χ1) is 21.9. The van der Waals surface area contributed by atoms with Crippen molar-refractivity contribution in [2.45, 2.75) is 44.2 Å². The fraction of sp³-hybridized carbons (Fsp3) is 0.441. The Bertz CT molecular complexity index is 1480. The number of rotatable bonds is 10. The average molecular weight is 613 g/mol. The molecule has 11 nitrogen and oxygen atoms in total. The lowest BCUT2D eigenvalue weighted by Crippen LogP contribution is -2.52. The number of carbonyl (C=O) groups excluding carboxylic acids is 5. The van der Waals surface area contributed by atoms with Crippen LogP contribution in [-0.2, 0) is 25.7 Å². The van der Waals surface area contributed by atoms with Crippen LogP contribution in [0.15, 0.2) is 60.3 Å². The molecule has 0 aromatic heterocycles. The quantitative estimate of drug-likeness (QED) is 0.159. The Balaban J connectivity index is 0.905. The van der Waals surface area contributed by atoms with E-state index in [4.69, 9.17) is 0 Å². The summed E-state index contributed by atoms with van der Waals surface area (Å²) in [6.07, 6.45) is 2.94. The highest BCUT2D eigenvalue weighted by Crippen LogP contribution is 2.33. The highest BCUT2D eigenvalue weighted by molar-refractivity contribution is 6.22. The van der Waals surface area contributed by atoms with E-state index in [-0.39, 0.29) is 41.3 Å². The van der Waals surface area contributed by atoms with Crippen molar-refractivity contribution in [3.05, 3.63) is 77.0 Å². The largest absolute Gasteiger partial charge is 0.389 e. The van der Waals surface area contributed by atoms with Crippen molar-refractivity contribution in [3.63, 3.8) is 0 Å². The number of imide groups is 1. The number of fused-ring (bicyclic) bond motifs is 1. The van der Waals surface area contributed by atoms with Crippen molar-refractivity contribution in [1.82, 2.24) is 25.3 Å². The molecule has 1 saturated carbocycles. The molecule has 3 N–H and O–H groups in total. The van der Waals surface area contributed by atoms with Crippen LogP contribution in [0, 0.1) is 0 Å². The number of Topliss-reactive ketones (excluding diaryl/α,β-unsaturated/α-hetero) is 2. The van der Waals surface area contributed by atoms with E-state index in [0.717, 1.165) is 62.6 Å². The van der Waals surface area contributed by atoms with Crippen molar-refractivity contribution in [3.8, 4) is 0 Å². The summed E-state index contributed by atoms with van der Waals surface area (Å²) in [5.41, 5.74) is 3.74. The van der Waals surface area contributed by atoms with E-state index in [9.17, 15) is 24.0 Å². The zero-order valence-electron chi connectivity index (χ0n) is 25.4. The molecule has 3 fully saturated rings. The molecular weight excluding hydrogens is 572 g/mol. The second kappa shape index (κ2) is 13.7. The van der Waals surface area contributed by atoms with Crippen LogP contribution >= 0.6 is 0 Å².